The van der Waals surface area contributed by atoms with Gasteiger partial charge >= 0.3 is 5.97 Å². The molecule has 0 N–H and O–H groups in total. The van der Waals surface area contributed by atoms with Crippen LogP contribution in [0.25, 0.3) is 0 Å². The number of unbranched alkanes of at least 4 members (excludes halogenated alkanes) is 4. The van der Waals surface area contributed by atoms with Gasteiger partial charge in [-0.15, -0.1) is 0 Å². The Hall–Kier alpha value is -1.83. The van der Waals surface area contributed by atoms with Crippen molar-refractivity contribution >= 4 is 5.97 Å². The molecule has 4 unspecified atom stereocenters. The molecule has 0 heterocycles. The van der Waals surface area contributed by atoms with Gasteiger partial charge in [-0.25, -0.2) is 0 Å². The number of carbonyl (C=O) groups is 1. The minimum absolute atomic E-state index is 0.00622. The fourth-order valence-corrected chi connectivity index (χ4v) is 10.9. The Morgan fingerprint density at radius 1 is 0.796 bits per heavy atom. The maximum absolute atomic E-state index is 12.8. The fraction of sp³-hybridized carbons (Fsp3) is 0.766. The van der Waals surface area contributed by atoms with E-state index in [-0.39, 0.29) is 12.1 Å². The molecule has 0 saturated heterocycles. The summed E-state index contributed by atoms with van der Waals surface area (Å²) in [5, 5.41) is 0. The van der Waals surface area contributed by atoms with E-state index in [2.05, 4.69) is 96.2 Å². The Bertz CT molecular complexity index is 1140. The van der Waals surface area contributed by atoms with Gasteiger partial charge in [-0.1, -0.05) is 134 Å². The van der Waals surface area contributed by atoms with Crippen LogP contribution in [0, 0.1) is 46.3 Å². The van der Waals surface area contributed by atoms with Gasteiger partial charge in [0.25, 0.3) is 0 Å². The number of esters is 1. The van der Waals surface area contributed by atoms with Gasteiger partial charge in [0.1, 0.15) is 6.10 Å². The number of rotatable bonds is 20. The predicted octanol–water partition coefficient (Wildman–Crippen LogP) is 14.1. The second-order valence-corrected chi connectivity index (χ2v) is 17.6. The summed E-state index contributed by atoms with van der Waals surface area (Å²) in [6, 6.07) is 0. The Morgan fingerprint density at radius 2 is 1.47 bits per heavy atom. The van der Waals surface area contributed by atoms with Crippen LogP contribution in [0.2, 0.25) is 0 Å². The summed E-state index contributed by atoms with van der Waals surface area (Å²) in [5.41, 5.74) is 2.48. The van der Waals surface area contributed by atoms with Crippen LogP contribution in [-0.4, -0.2) is 12.1 Å². The van der Waals surface area contributed by atoms with E-state index in [4.69, 9.17) is 4.74 Å². The van der Waals surface area contributed by atoms with E-state index in [0.29, 0.717) is 17.3 Å². The van der Waals surface area contributed by atoms with Crippen molar-refractivity contribution in [2.45, 2.75) is 182 Å². The zero-order valence-corrected chi connectivity index (χ0v) is 32.9. The third-order valence-electron chi connectivity index (χ3n) is 13.8. The molecule has 0 spiro atoms. The van der Waals surface area contributed by atoms with Crippen molar-refractivity contribution in [1.82, 2.24) is 0 Å². The molecule has 3 fully saturated rings. The second-order valence-electron chi connectivity index (χ2n) is 17.6. The molecule has 4 aliphatic carbocycles. The molecule has 0 aromatic rings. The maximum atomic E-state index is 12.8. The van der Waals surface area contributed by atoms with Crippen LogP contribution in [0.15, 0.2) is 60.3 Å². The highest BCUT2D eigenvalue weighted by Gasteiger charge is 2.59. The quantitative estimate of drug-likeness (QED) is 0.0731. The Kier molecular flexibility index (Phi) is 16.5. The number of allylic oxidation sites excluding steroid dienone is 9. The molecule has 2 nitrogen and oxygen atoms in total. The number of ether oxygens (including phenoxy) is 1. The lowest BCUT2D eigenvalue weighted by molar-refractivity contribution is -0.151. The topological polar surface area (TPSA) is 26.3 Å². The van der Waals surface area contributed by atoms with Crippen molar-refractivity contribution < 1.29 is 9.53 Å². The third kappa shape index (κ3) is 11.3. The monoisotopic (exact) mass is 673 g/mol. The molecule has 0 aromatic carbocycles. The molecule has 276 valence electrons. The lowest BCUT2D eigenvalue weighted by Gasteiger charge is -2.58. The average Bonchev–Trinajstić information content (AvgIpc) is 3.43. The zero-order chi connectivity index (χ0) is 35.1. The van der Waals surface area contributed by atoms with Gasteiger partial charge in [0.2, 0.25) is 0 Å². The van der Waals surface area contributed by atoms with E-state index in [0.717, 1.165) is 80.5 Å². The first-order valence-corrected chi connectivity index (χ1v) is 21.2. The van der Waals surface area contributed by atoms with Crippen LogP contribution in [-0.2, 0) is 9.53 Å². The van der Waals surface area contributed by atoms with Crippen molar-refractivity contribution in [3.63, 3.8) is 0 Å². The molecular weight excluding hydrogens is 597 g/mol. The molecule has 49 heavy (non-hydrogen) atoms. The molecule has 0 aliphatic heterocycles. The standard InChI is InChI=1S/C47H76O2/c1-7-8-9-10-11-12-13-14-15-16-17-18-19-20-21-22-23-27-45(48)49-40-32-34-46(5)39(36-40)28-29-41-43-31-30-42(38(4)26-24-25-37(2)3)47(43,6)35-33-44(41)46/h11-12,14-15,17-18,20-21,28,37-38,40-44H,7-10,13,16,19,22-27,29-36H2,1-6H3/t38-,40?,41?,42-,43?,44?,46+,47-/m1/s1. The normalized spacial score (nSPS) is 32.2. The summed E-state index contributed by atoms with van der Waals surface area (Å²) in [4.78, 5) is 12.8. The maximum Gasteiger partial charge on any atom is 0.306 e. The van der Waals surface area contributed by atoms with Crippen LogP contribution in [0.5, 0.6) is 0 Å². The van der Waals surface area contributed by atoms with Gasteiger partial charge in [-0.3, -0.25) is 4.79 Å². The van der Waals surface area contributed by atoms with Gasteiger partial charge in [-0.2, -0.15) is 0 Å². The number of fused-ring (bicyclic) bond motifs is 5. The minimum atomic E-state index is 0.00622. The van der Waals surface area contributed by atoms with Crippen LogP contribution in [0.4, 0.5) is 0 Å². The highest BCUT2D eigenvalue weighted by molar-refractivity contribution is 5.69. The molecule has 0 amide bonds. The van der Waals surface area contributed by atoms with E-state index in [1.807, 2.05) is 0 Å². The Morgan fingerprint density at radius 3 is 2.14 bits per heavy atom. The SMILES string of the molecule is CCCCCC=CCC=CCC=CCC=CCCCC(=O)OC1CC[C@@]2(C)C(=CCC3C2CC[C@@]2(C)C3CC[C@@H]2[C@H](C)CCCC(C)C)C1. The molecule has 0 bridgehead atoms. The molecule has 8 atom stereocenters. The number of hydrogen-bond donors (Lipinski definition) is 0. The van der Waals surface area contributed by atoms with E-state index in [9.17, 15) is 4.79 Å². The van der Waals surface area contributed by atoms with Crippen LogP contribution < -0.4 is 0 Å². The fourth-order valence-electron chi connectivity index (χ4n) is 10.9. The highest BCUT2D eigenvalue weighted by atomic mass is 16.5. The minimum Gasteiger partial charge on any atom is -0.462 e. The van der Waals surface area contributed by atoms with Crippen LogP contribution in [0.3, 0.4) is 0 Å². The molecule has 3 saturated carbocycles. The van der Waals surface area contributed by atoms with Gasteiger partial charge in [0.15, 0.2) is 0 Å². The predicted molar refractivity (Wildman–Crippen MR) is 211 cm³/mol. The summed E-state index contributed by atoms with van der Waals surface area (Å²) in [7, 11) is 0. The molecule has 4 rings (SSSR count). The van der Waals surface area contributed by atoms with E-state index in [1.165, 1.54) is 83.5 Å². The summed E-state index contributed by atoms with van der Waals surface area (Å²) in [5.74, 6) is 5.21. The molecule has 0 radical (unpaired) electrons. The summed E-state index contributed by atoms with van der Waals surface area (Å²) in [6.45, 7) is 14.9. The summed E-state index contributed by atoms with van der Waals surface area (Å²) in [6.07, 6.45) is 45.7. The highest BCUT2D eigenvalue weighted by Crippen LogP contribution is 2.67. The van der Waals surface area contributed by atoms with Crippen molar-refractivity contribution in [2.75, 3.05) is 0 Å². The van der Waals surface area contributed by atoms with Gasteiger partial charge in [0.05, 0.1) is 0 Å². The van der Waals surface area contributed by atoms with Crippen LogP contribution in [0.1, 0.15) is 176 Å². The van der Waals surface area contributed by atoms with Crippen molar-refractivity contribution in [2.24, 2.45) is 46.3 Å². The first-order chi connectivity index (χ1) is 23.7. The van der Waals surface area contributed by atoms with Crippen molar-refractivity contribution in [1.29, 1.82) is 0 Å². The number of hydrogen-bond acceptors (Lipinski definition) is 2. The van der Waals surface area contributed by atoms with Gasteiger partial charge < -0.3 is 4.74 Å². The van der Waals surface area contributed by atoms with Crippen LogP contribution >= 0.6 is 0 Å². The average molecular weight is 673 g/mol. The lowest BCUT2D eigenvalue weighted by Crippen LogP contribution is -2.51. The van der Waals surface area contributed by atoms with Gasteiger partial charge in [0, 0.05) is 12.8 Å². The van der Waals surface area contributed by atoms with Crippen molar-refractivity contribution in [3.05, 3.63) is 60.3 Å². The summed E-state index contributed by atoms with van der Waals surface area (Å²) < 4.78 is 6.10. The Labute approximate surface area is 303 Å². The molecule has 0 aromatic heterocycles. The molecule has 2 heteroatoms. The zero-order valence-electron chi connectivity index (χ0n) is 32.9. The molecular formula is C47H76O2. The first-order valence-electron chi connectivity index (χ1n) is 21.2. The lowest BCUT2D eigenvalue weighted by atomic mass is 9.47. The Balaban J connectivity index is 1.13. The summed E-state index contributed by atoms with van der Waals surface area (Å²) >= 11 is 0. The smallest absolute Gasteiger partial charge is 0.306 e. The van der Waals surface area contributed by atoms with Crippen molar-refractivity contribution in [3.8, 4) is 0 Å². The van der Waals surface area contributed by atoms with E-state index in [1.54, 1.807) is 5.57 Å². The second kappa shape index (κ2) is 20.3. The number of carbonyl (C=O) groups excluding carboxylic acids is 1. The molecule has 4 aliphatic rings. The van der Waals surface area contributed by atoms with E-state index >= 15 is 0 Å². The van der Waals surface area contributed by atoms with Gasteiger partial charge in [-0.05, 0) is 136 Å². The third-order valence-corrected chi connectivity index (χ3v) is 13.8. The van der Waals surface area contributed by atoms with E-state index < -0.39 is 0 Å². The largest absolute Gasteiger partial charge is 0.462 e. The first kappa shape index (κ1) is 39.9.